The smallest absolute Gasteiger partial charge is 0.330 e. The van der Waals surface area contributed by atoms with Crippen LogP contribution in [0.3, 0.4) is 0 Å². The van der Waals surface area contributed by atoms with Crippen molar-refractivity contribution in [2.24, 2.45) is 10.8 Å². The number of nitrogens with zero attached hydrogens (tertiary/aromatic N) is 1. The Hall–Kier alpha value is -3.99. The van der Waals surface area contributed by atoms with Gasteiger partial charge in [0.2, 0.25) is 5.91 Å². The molecule has 1 saturated heterocycles. The number of esters is 4. The molecule has 0 aromatic heterocycles. The Morgan fingerprint density at radius 2 is 1.02 bits per heavy atom. The normalized spacial score (nSPS) is 13.2. The molecule has 0 aromatic carbocycles. The molecule has 0 spiro atoms. The van der Waals surface area contributed by atoms with Gasteiger partial charge in [-0.05, 0) is 31.9 Å². The number of likely N-dealkylation sites (tertiary alicyclic amines) is 1. The highest BCUT2D eigenvalue weighted by Gasteiger charge is 2.36. The summed E-state index contributed by atoms with van der Waals surface area (Å²) in [5.41, 5.74) is -1.71. The van der Waals surface area contributed by atoms with E-state index in [9.17, 15) is 24.0 Å². The molecule has 0 aliphatic carbocycles. The van der Waals surface area contributed by atoms with Crippen LogP contribution in [0.4, 0.5) is 0 Å². The van der Waals surface area contributed by atoms with E-state index >= 15 is 0 Å². The Labute approximate surface area is 255 Å². The third-order valence-electron chi connectivity index (χ3n) is 6.90. The van der Waals surface area contributed by atoms with Crippen molar-refractivity contribution < 1.29 is 47.7 Å². The van der Waals surface area contributed by atoms with Gasteiger partial charge in [0.1, 0.15) is 26.4 Å². The van der Waals surface area contributed by atoms with E-state index in [1.54, 1.807) is 11.1 Å². The summed E-state index contributed by atoms with van der Waals surface area (Å²) in [4.78, 5) is 59.2. The largest absolute Gasteiger partial charge is 0.462 e. The quantitative estimate of drug-likeness (QED) is 0.119. The van der Waals surface area contributed by atoms with Crippen molar-refractivity contribution in [3.05, 3.63) is 63.4 Å². The summed E-state index contributed by atoms with van der Waals surface area (Å²) in [5.74, 6) is -2.28. The van der Waals surface area contributed by atoms with Gasteiger partial charge in [0.25, 0.3) is 0 Å². The van der Waals surface area contributed by atoms with Crippen molar-refractivity contribution in [3.8, 4) is 0 Å². The predicted molar refractivity (Wildman–Crippen MR) is 161 cm³/mol. The lowest BCUT2D eigenvalue weighted by Crippen LogP contribution is -2.42. The van der Waals surface area contributed by atoms with Gasteiger partial charge in [-0.2, -0.15) is 0 Å². The second-order valence-corrected chi connectivity index (χ2v) is 10.0. The summed E-state index contributed by atoms with van der Waals surface area (Å²) in [5, 5.41) is 0. The van der Waals surface area contributed by atoms with Gasteiger partial charge in [-0.15, -0.1) is 0 Å². The molecule has 0 bridgehead atoms. The van der Waals surface area contributed by atoms with Crippen LogP contribution < -0.4 is 0 Å². The van der Waals surface area contributed by atoms with Crippen molar-refractivity contribution in [1.82, 2.24) is 4.90 Å². The second-order valence-electron chi connectivity index (χ2n) is 10.0. The van der Waals surface area contributed by atoms with Crippen LogP contribution in [0.25, 0.3) is 0 Å². The topological polar surface area (TPSA) is 135 Å². The van der Waals surface area contributed by atoms with E-state index in [1.165, 1.54) is 6.42 Å². The Morgan fingerprint density at radius 1 is 0.651 bits per heavy atom. The number of amides is 1. The number of ether oxygens (including phenoxy) is 5. The minimum Gasteiger partial charge on any atom is -0.462 e. The maximum Gasteiger partial charge on any atom is 0.330 e. The molecule has 1 aliphatic rings. The fourth-order valence-electron chi connectivity index (χ4n) is 3.68. The van der Waals surface area contributed by atoms with Crippen LogP contribution in [0.5, 0.6) is 0 Å². The molecule has 1 heterocycles. The van der Waals surface area contributed by atoms with Crippen molar-refractivity contribution >= 4 is 29.8 Å². The summed E-state index contributed by atoms with van der Waals surface area (Å²) in [6, 6.07) is 0. The van der Waals surface area contributed by atoms with Crippen molar-refractivity contribution in [3.63, 3.8) is 0 Å². The Morgan fingerprint density at radius 3 is 1.33 bits per heavy atom. The molecule has 1 rings (SSSR count). The lowest BCUT2D eigenvalue weighted by molar-refractivity contribution is -0.157. The molecule has 0 aromatic rings. The third-order valence-corrected chi connectivity index (χ3v) is 6.90. The van der Waals surface area contributed by atoms with Crippen molar-refractivity contribution in [1.29, 1.82) is 0 Å². The van der Waals surface area contributed by atoms with Crippen LogP contribution in [-0.4, -0.2) is 80.9 Å². The predicted octanol–water partition coefficient (Wildman–Crippen LogP) is 4.25. The molecular formula is C32H47NO10. The summed E-state index contributed by atoms with van der Waals surface area (Å²) in [6.45, 7) is 21.3. The molecule has 1 fully saturated rings. The molecule has 0 radical (unpaired) electrons. The molecule has 0 N–H and O–H groups in total. The average molecular weight is 606 g/mol. The van der Waals surface area contributed by atoms with Crippen LogP contribution >= 0.6 is 0 Å². The van der Waals surface area contributed by atoms with Crippen LogP contribution in [0, 0.1) is 10.8 Å². The van der Waals surface area contributed by atoms with Crippen LogP contribution in [0.1, 0.15) is 52.4 Å². The minimum atomic E-state index is -0.855. The second kappa shape index (κ2) is 21.7. The summed E-state index contributed by atoms with van der Waals surface area (Å²) in [6.07, 6.45) is 10.7. The Balaban J connectivity index is 0.00000147. The van der Waals surface area contributed by atoms with Crippen LogP contribution in [0.2, 0.25) is 0 Å². The van der Waals surface area contributed by atoms with Gasteiger partial charge in [-0.25, -0.2) is 19.2 Å². The first-order valence-corrected chi connectivity index (χ1v) is 14.2. The van der Waals surface area contributed by atoms with Gasteiger partial charge in [0.05, 0.1) is 24.0 Å². The van der Waals surface area contributed by atoms with Crippen molar-refractivity contribution in [2.45, 2.75) is 52.4 Å². The molecule has 11 heteroatoms. The van der Waals surface area contributed by atoms with E-state index in [1.807, 2.05) is 13.8 Å². The highest BCUT2D eigenvalue weighted by atomic mass is 16.6. The Kier molecular flexibility index (Phi) is 19.7. The molecule has 1 amide bonds. The molecule has 0 saturated carbocycles. The number of carbonyl (C=O) groups is 5. The molecular weight excluding hydrogens is 558 g/mol. The number of hydrogen-bond donors (Lipinski definition) is 0. The van der Waals surface area contributed by atoms with E-state index in [0.717, 1.165) is 43.7 Å². The van der Waals surface area contributed by atoms with Crippen molar-refractivity contribution in [2.75, 3.05) is 46.2 Å². The standard InChI is InChI=1S/C24H34O9.C8H13NO/c1-7-19(25)30-15-23(11-5,16-31-20(26)8-2)13-29-14-24(12-6,17-32-21(27)9-3)18-33-22(28)10-4;1-2-9-7-5-3-4-6-8(9)10/h7-10H,1-4,11-18H2,5-6H3;2H,1,3-7H2. The lowest BCUT2D eigenvalue weighted by atomic mass is 9.86. The first-order chi connectivity index (χ1) is 20.5. The zero-order valence-electron chi connectivity index (χ0n) is 25.6. The average Bonchev–Trinajstić information content (AvgIpc) is 3.25. The Bertz CT molecular complexity index is 879. The van der Waals surface area contributed by atoms with Gasteiger partial charge in [0, 0.05) is 37.3 Å². The summed E-state index contributed by atoms with van der Waals surface area (Å²) in [7, 11) is 0. The summed E-state index contributed by atoms with van der Waals surface area (Å²) < 4.78 is 26.7. The van der Waals surface area contributed by atoms with E-state index in [-0.39, 0.29) is 45.5 Å². The number of rotatable bonds is 19. The van der Waals surface area contributed by atoms with Gasteiger partial charge in [-0.1, -0.05) is 53.2 Å². The van der Waals surface area contributed by atoms with E-state index < -0.39 is 34.7 Å². The zero-order chi connectivity index (χ0) is 32.7. The fourth-order valence-corrected chi connectivity index (χ4v) is 3.68. The van der Waals surface area contributed by atoms with Gasteiger partial charge in [-0.3, -0.25) is 4.79 Å². The zero-order valence-corrected chi connectivity index (χ0v) is 25.6. The number of hydrogen-bond acceptors (Lipinski definition) is 10. The molecule has 1 aliphatic heterocycles. The van der Waals surface area contributed by atoms with Gasteiger partial charge in [0.15, 0.2) is 0 Å². The van der Waals surface area contributed by atoms with E-state index in [2.05, 4.69) is 32.9 Å². The first kappa shape index (κ1) is 39.0. The molecule has 240 valence electrons. The monoisotopic (exact) mass is 605 g/mol. The van der Waals surface area contributed by atoms with Gasteiger partial charge >= 0.3 is 23.9 Å². The number of carbonyl (C=O) groups excluding carboxylic acids is 5. The van der Waals surface area contributed by atoms with E-state index in [4.69, 9.17) is 23.7 Å². The SMILES string of the molecule is C=CC(=O)OCC(CC)(COCC(CC)(COC(=O)C=C)COC(=O)C=C)COC(=O)C=C.C=CN1CCCCCC1=O. The maximum absolute atomic E-state index is 11.6. The molecule has 0 unspecified atom stereocenters. The molecule has 0 atom stereocenters. The first-order valence-electron chi connectivity index (χ1n) is 14.2. The molecule has 43 heavy (non-hydrogen) atoms. The lowest BCUT2D eigenvalue weighted by Gasteiger charge is -2.35. The van der Waals surface area contributed by atoms with Crippen LogP contribution in [-0.2, 0) is 47.7 Å². The van der Waals surface area contributed by atoms with Crippen LogP contribution in [0.15, 0.2) is 63.4 Å². The third kappa shape index (κ3) is 15.7. The van der Waals surface area contributed by atoms with Gasteiger partial charge < -0.3 is 28.6 Å². The maximum atomic E-state index is 11.6. The van der Waals surface area contributed by atoms with E-state index in [0.29, 0.717) is 19.3 Å². The highest BCUT2D eigenvalue weighted by molar-refractivity contribution is 5.82. The minimum absolute atomic E-state index is 0.0326. The summed E-state index contributed by atoms with van der Waals surface area (Å²) >= 11 is 0. The highest BCUT2D eigenvalue weighted by Crippen LogP contribution is 2.29. The molecule has 11 nitrogen and oxygen atoms in total. The fraction of sp³-hybridized carbons (Fsp3) is 0.531.